The number of aromatic nitrogens is 2. The van der Waals surface area contributed by atoms with Crippen molar-refractivity contribution in [3.8, 4) is 11.4 Å². The average Bonchev–Trinajstić information content (AvgIpc) is 3.27. The van der Waals surface area contributed by atoms with Crippen molar-refractivity contribution in [2.45, 2.75) is 57.9 Å². The third-order valence-electron chi connectivity index (χ3n) is 8.34. The van der Waals surface area contributed by atoms with E-state index in [2.05, 4.69) is 0 Å². The highest BCUT2D eigenvalue weighted by molar-refractivity contribution is 5.94. The number of cyclic esters (lactones) is 1. The number of hydrogen-bond donors (Lipinski definition) is 2. The number of aryl methyl sites for hydroxylation is 1. The lowest BCUT2D eigenvalue weighted by molar-refractivity contribution is -0.172. The van der Waals surface area contributed by atoms with Gasteiger partial charge in [-0.05, 0) is 48.9 Å². The maximum absolute atomic E-state index is 14.9. The second kappa shape index (κ2) is 7.93. The molecule has 1 amide bonds. The number of likely N-dealkylation sites (N-methyl/N-ethyl adjacent to an activating group) is 1. The van der Waals surface area contributed by atoms with Crippen molar-refractivity contribution >= 4 is 22.8 Å². The lowest BCUT2D eigenvalue weighted by Gasteiger charge is -2.35. The Labute approximate surface area is 211 Å². The molecule has 6 rings (SSSR count). The van der Waals surface area contributed by atoms with Gasteiger partial charge in [-0.1, -0.05) is 6.92 Å². The van der Waals surface area contributed by atoms with Crippen LogP contribution in [0.2, 0.25) is 0 Å². The molecule has 0 radical (unpaired) electrons. The number of hydrogen-bond acceptors (Lipinski definition) is 7. The first-order valence-corrected chi connectivity index (χ1v) is 12.3. The van der Waals surface area contributed by atoms with Crippen LogP contribution in [0.15, 0.2) is 16.9 Å². The zero-order valence-electron chi connectivity index (χ0n) is 20.7. The molecular formula is C27H26FN3O6. The largest absolute Gasteiger partial charge is 0.458 e. The lowest BCUT2D eigenvalue weighted by atomic mass is 9.81. The molecule has 1 aromatic carbocycles. The van der Waals surface area contributed by atoms with E-state index < -0.39 is 35.7 Å². The van der Waals surface area contributed by atoms with Crippen LogP contribution in [0, 0.1) is 12.7 Å². The average molecular weight is 508 g/mol. The van der Waals surface area contributed by atoms with Crippen LogP contribution in [0.4, 0.5) is 4.39 Å². The van der Waals surface area contributed by atoms with Gasteiger partial charge >= 0.3 is 5.97 Å². The van der Waals surface area contributed by atoms with Crippen molar-refractivity contribution in [1.29, 1.82) is 0 Å². The third kappa shape index (κ3) is 3.02. The number of carbonyl (C=O) groups excluding carboxylic acids is 2. The summed E-state index contributed by atoms with van der Waals surface area (Å²) < 4.78 is 21.6. The Kier molecular flexibility index (Phi) is 5.09. The Morgan fingerprint density at radius 2 is 2.05 bits per heavy atom. The third-order valence-corrected chi connectivity index (χ3v) is 8.34. The number of halogens is 1. The number of nitrogens with zero attached hydrogens (tertiary/aromatic N) is 3. The zero-order valence-corrected chi connectivity index (χ0v) is 20.7. The van der Waals surface area contributed by atoms with Crippen molar-refractivity contribution in [2.75, 3.05) is 13.7 Å². The smallest absolute Gasteiger partial charge is 0.343 e. The fraction of sp³-hybridized carbons (Fsp3) is 0.407. The minimum Gasteiger partial charge on any atom is -0.458 e. The lowest BCUT2D eigenvalue weighted by Crippen LogP contribution is -2.44. The van der Waals surface area contributed by atoms with Gasteiger partial charge in [-0.2, -0.15) is 0 Å². The molecule has 192 valence electrons. The number of esters is 1. The molecule has 1 aliphatic carbocycles. The van der Waals surface area contributed by atoms with Gasteiger partial charge in [0.2, 0.25) is 5.91 Å². The maximum Gasteiger partial charge on any atom is 0.343 e. The Bertz CT molecular complexity index is 1610. The van der Waals surface area contributed by atoms with Gasteiger partial charge in [0.15, 0.2) is 5.60 Å². The summed E-state index contributed by atoms with van der Waals surface area (Å²) in [4.78, 5) is 44.9. The molecule has 2 atom stereocenters. The molecule has 3 aromatic rings. The summed E-state index contributed by atoms with van der Waals surface area (Å²) in [5.41, 5.74) is 2.20. The van der Waals surface area contributed by atoms with E-state index in [-0.39, 0.29) is 36.5 Å². The molecule has 10 heteroatoms. The minimum absolute atomic E-state index is 0.0228. The second-order valence-corrected chi connectivity index (χ2v) is 10.0. The zero-order chi connectivity index (χ0) is 26.4. The number of rotatable bonds is 3. The van der Waals surface area contributed by atoms with E-state index in [1.807, 2.05) is 0 Å². The molecule has 9 nitrogen and oxygen atoms in total. The van der Waals surface area contributed by atoms with Crippen molar-refractivity contribution in [3.05, 3.63) is 61.7 Å². The molecule has 37 heavy (non-hydrogen) atoms. The number of fused-ring (bicyclic) bond motifs is 5. The highest BCUT2D eigenvalue weighted by Crippen LogP contribution is 2.47. The first-order chi connectivity index (χ1) is 17.6. The normalized spacial score (nSPS) is 21.4. The first kappa shape index (κ1) is 23.7. The molecular weight excluding hydrogens is 481 g/mol. The summed E-state index contributed by atoms with van der Waals surface area (Å²) in [7, 11) is 1.63. The second-order valence-electron chi connectivity index (χ2n) is 10.0. The molecule has 0 saturated heterocycles. The monoisotopic (exact) mass is 507 g/mol. The molecule has 2 aromatic heterocycles. The Morgan fingerprint density at radius 1 is 1.30 bits per heavy atom. The number of carbonyl (C=O) groups is 2. The summed E-state index contributed by atoms with van der Waals surface area (Å²) in [6.45, 7) is 2.64. The molecule has 2 aliphatic heterocycles. The summed E-state index contributed by atoms with van der Waals surface area (Å²) >= 11 is 0. The van der Waals surface area contributed by atoms with Crippen LogP contribution in [0.25, 0.3) is 22.3 Å². The van der Waals surface area contributed by atoms with Gasteiger partial charge < -0.3 is 24.4 Å². The Hall–Kier alpha value is -3.63. The van der Waals surface area contributed by atoms with E-state index in [0.29, 0.717) is 35.3 Å². The van der Waals surface area contributed by atoms with Crippen LogP contribution in [0.1, 0.15) is 59.2 Å². The van der Waals surface area contributed by atoms with Crippen LogP contribution >= 0.6 is 0 Å². The molecule has 0 saturated carbocycles. The Balaban J connectivity index is 1.68. The van der Waals surface area contributed by atoms with Gasteiger partial charge in [-0.15, -0.1) is 0 Å². The van der Waals surface area contributed by atoms with E-state index in [0.717, 1.165) is 22.1 Å². The summed E-state index contributed by atoms with van der Waals surface area (Å²) in [6, 6.07) is 2.57. The first-order valence-electron chi connectivity index (χ1n) is 12.3. The summed E-state index contributed by atoms with van der Waals surface area (Å²) in [5, 5.41) is 21.4. The molecule has 0 unspecified atom stereocenters. The predicted molar refractivity (Wildman–Crippen MR) is 130 cm³/mol. The fourth-order valence-electron chi connectivity index (χ4n) is 6.20. The molecule has 2 N–H and O–H groups in total. The molecule has 3 aliphatic rings. The van der Waals surface area contributed by atoms with Crippen LogP contribution in [0.5, 0.6) is 0 Å². The summed E-state index contributed by atoms with van der Waals surface area (Å²) in [5.74, 6) is -1.64. The SMILES string of the molecule is CC[C@@]1(O)C(=O)OCc2c1cc1n(c2=O)Cc2c-1nc1cc(F)c(C)c3c1c2[C@H](N(C)C(=O)CO)CC3. The van der Waals surface area contributed by atoms with E-state index in [1.54, 1.807) is 27.0 Å². The van der Waals surface area contributed by atoms with E-state index in [9.17, 15) is 29.0 Å². The van der Waals surface area contributed by atoms with Crippen LogP contribution in [-0.4, -0.2) is 50.2 Å². The van der Waals surface area contributed by atoms with Gasteiger partial charge in [0.25, 0.3) is 5.56 Å². The standard InChI is InChI=1S/C27H26FN3O6/c1-4-27(36)16-7-20-24-14(9-31(20)25(34)15(16)11-37-26(27)35)23-19(30(3)21(33)10-32)6-5-13-12(2)17(28)8-18(29-24)22(13)23/h7-8,19,32,36H,4-6,9-11H2,1-3H3/t19-,27+/m1/s1. The van der Waals surface area contributed by atoms with Gasteiger partial charge in [0.1, 0.15) is 19.0 Å². The van der Waals surface area contributed by atoms with Crippen molar-refractivity contribution in [1.82, 2.24) is 14.5 Å². The van der Waals surface area contributed by atoms with Crippen LogP contribution < -0.4 is 5.56 Å². The number of ether oxygens (including phenoxy) is 1. The van der Waals surface area contributed by atoms with Crippen molar-refractivity contribution < 1.29 is 28.9 Å². The van der Waals surface area contributed by atoms with E-state index in [1.165, 1.54) is 15.5 Å². The van der Waals surface area contributed by atoms with Crippen LogP contribution in [0.3, 0.4) is 0 Å². The van der Waals surface area contributed by atoms with E-state index in [4.69, 9.17) is 9.72 Å². The topological polar surface area (TPSA) is 122 Å². The number of pyridine rings is 2. The highest BCUT2D eigenvalue weighted by Gasteiger charge is 2.46. The number of benzene rings is 1. The molecule has 0 spiro atoms. The van der Waals surface area contributed by atoms with Crippen LogP contribution in [-0.2, 0) is 39.5 Å². The highest BCUT2D eigenvalue weighted by atomic mass is 19.1. The predicted octanol–water partition coefficient (Wildman–Crippen LogP) is 1.97. The van der Waals surface area contributed by atoms with Gasteiger partial charge in [0.05, 0.1) is 35.1 Å². The van der Waals surface area contributed by atoms with Gasteiger partial charge in [-0.3, -0.25) is 9.59 Å². The van der Waals surface area contributed by atoms with Crippen molar-refractivity contribution in [2.24, 2.45) is 0 Å². The molecule has 0 fully saturated rings. The number of amides is 1. The minimum atomic E-state index is -1.96. The van der Waals surface area contributed by atoms with E-state index >= 15 is 0 Å². The van der Waals surface area contributed by atoms with Crippen molar-refractivity contribution in [3.63, 3.8) is 0 Å². The van der Waals surface area contributed by atoms with Gasteiger partial charge in [0, 0.05) is 29.6 Å². The Morgan fingerprint density at radius 3 is 2.76 bits per heavy atom. The maximum atomic E-state index is 14.9. The quantitative estimate of drug-likeness (QED) is 0.407. The fourth-order valence-corrected chi connectivity index (χ4v) is 6.20. The number of aliphatic hydroxyl groups excluding tert-OH is 1. The molecule has 0 bridgehead atoms. The molecule has 4 heterocycles. The summed E-state index contributed by atoms with van der Waals surface area (Å²) in [6.07, 6.45) is 1.07. The van der Waals surface area contributed by atoms with Gasteiger partial charge in [-0.25, -0.2) is 14.2 Å². The number of aliphatic hydroxyl groups is 2.